The molecule has 0 aliphatic carbocycles. The van der Waals surface area contributed by atoms with Crippen molar-refractivity contribution in [3.8, 4) is 5.75 Å². The Kier molecular flexibility index (Phi) is 5.11. The second-order valence-corrected chi connectivity index (χ2v) is 4.26. The Labute approximate surface area is 122 Å². The third kappa shape index (κ3) is 4.19. The van der Waals surface area contributed by atoms with Crippen LogP contribution in [0.2, 0.25) is 0 Å². The van der Waals surface area contributed by atoms with Crippen LogP contribution in [-0.4, -0.2) is 31.2 Å². The van der Waals surface area contributed by atoms with Gasteiger partial charge >= 0.3 is 0 Å². The molecule has 0 unspecified atom stereocenters. The monoisotopic (exact) mass is 287 g/mol. The predicted octanol–water partition coefficient (Wildman–Crippen LogP) is 1.94. The number of carbonyl (C=O) groups is 1. The van der Waals surface area contributed by atoms with Gasteiger partial charge in [-0.25, -0.2) is 4.98 Å². The smallest absolute Gasteiger partial charge is 0.276 e. The second kappa shape index (κ2) is 7.25. The van der Waals surface area contributed by atoms with Crippen LogP contribution in [0, 0.1) is 0 Å². The van der Waals surface area contributed by atoms with Crippen LogP contribution in [0.4, 0.5) is 11.4 Å². The van der Waals surface area contributed by atoms with E-state index in [0.29, 0.717) is 30.3 Å². The summed E-state index contributed by atoms with van der Waals surface area (Å²) in [4.78, 5) is 16.1. The van der Waals surface area contributed by atoms with Gasteiger partial charge in [0.1, 0.15) is 12.4 Å². The maximum Gasteiger partial charge on any atom is 0.276 e. The third-order valence-corrected chi connectivity index (χ3v) is 2.70. The zero-order chi connectivity index (χ0) is 15.1. The van der Waals surface area contributed by atoms with Gasteiger partial charge in [-0.1, -0.05) is 6.07 Å². The molecule has 110 valence electrons. The molecule has 0 aliphatic rings. The van der Waals surface area contributed by atoms with E-state index in [4.69, 9.17) is 15.2 Å². The molecule has 21 heavy (non-hydrogen) atoms. The average Bonchev–Trinajstić information content (AvgIpc) is 2.48. The van der Waals surface area contributed by atoms with Crippen LogP contribution < -0.4 is 15.8 Å². The molecule has 3 N–H and O–H groups in total. The number of nitrogens with two attached hydrogens (primary N) is 1. The number of nitrogens with one attached hydrogen (secondary N) is 1. The van der Waals surface area contributed by atoms with E-state index < -0.39 is 0 Å². The number of nitrogen functional groups attached to an aromatic ring is 1. The zero-order valence-electron chi connectivity index (χ0n) is 11.7. The SMILES string of the molecule is COCCOc1cccc(NC(=O)c2ncccc2N)c1. The Morgan fingerprint density at radius 3 is 2.90 bits per heavy atom. The minimum atomic E-state index is -0.359. The van der Waals surface area contributed by atoms with Crippen LogP contribution in [0.15, 0.2) is 42.6 Å². The molecule has 6 heteroatoms. The van der Waals surface area contributed by atoms with Gasteiger partial charge in [-0.05, 0) is 24.3 Å². The van der Waals surface area contributed by atoms with Crippen molar-refractivity contribution in [3.63, 3.8) is 0 Å². The lowest BCUT2D eigenvalue weighted by Gasteiger charge is -2.09. The molecule has 1 heterocycles. The number of methoxy groups -OCH3 is 1. The summed E-state index contributed by atoms with van der Waals surface area (Å²) in [5, 5.41) is 2.74. The lowest BCUT2D eigenvalue weighted by molar-refractivity contribution is 0.102. The van der Waals surface area contributed by atoms with Gasteiger partial charge in [0.25, 0.3) is 5.91 Å². The van der Waals surface area contributed by atoms with Gasteiger partial charge in [-0.15, -0.1) is 0 Å². The molecule has 0 saturated heterocycles. The Bertz CT molecular complexity index is 617. The minimum Gasteiger partial charge on any atom is -0.491 e. The topological polar surface area (TPSA) is 86.5 Å². The van der Waals surface area contributed by atoms with Crippen molar-refractivity contribution >= 4 is 17.3 Å². The molecule has 0 saturated carbocycles. The van der Waals surface area contributed by atoms with Crippen LogP contribution in [0.3, 0.4) is 0 Å². The Morgan fingerprint density at radius 1 is 1.29 bits per heavy atom. The molecule has 2 aromatic rings. The van der Waals surface area contributed by atoms with E-state index in [1.54, 1.807) is 43.5 Å². The Morgan fingerprint density at radius 2 is 2.14 bits per heavy atom. The standard InChI is InChI=1S/C15H17N3O3/c1-20-8-9-21-12-5-2-4-11(10-12)18-15(19)14-13(16)6-3-7-17-14/h2-7,10H,8-9,16H2,1H3,(H,18,19). The normalized spacial score (nSPS) is 10.1. The molecule has 0 atom stereocenters. The lowest BCUT2D eigenvalue weighted by Crippen LogP contribution is -2.15. The summed E-state index contributed by atoms with van der Waals surface area (Å²) in [5.74, 6) is 0.293. The zero-order valence-corrected chi connectivity index (χ0v) is 11.7. The van der Waals surface area contributed by atoms with Crippen LogP contribution in [0.1, 0.15) is 10.5 Å². The van der Waals surface area contributed by atoms with Crippen molar-refractivity contribution in [2.24, 2.45) is 0 Å². The largest absolute Gasteiger partial charge is 0.491 e. The van der Waals surface area contributed by atoms with Crippen molar-refractivity contribution in [2.75, 3.05) is 31.4 Å². The van der Waals surface area contributed by atoms with Crippen molar-refractivity contribution in [2.45, 2.75) is 0 Å². The molecular formula is C15H17N3O3. The lowest BCUT2D eigenvalue weighted by atomic mass is 10.2. The Hall–Kier alpha value is -2.60. The third-order valence-electron chi connectivity index (χ3n) is 2.70. The van der Waals surface area contributed by atoms with Gasteiger partial charge in [-0.3, -0.25) is 4.79 Å². The maximum atomic E-state index is 12.1. The fourth-order valence-electron chi connectivity index (χ4n) is 1.70. The molecule has 2 rings (SSSR count). The van der Waals surface area contributed by atoms with Crippen molar-refractivity contribution in [3.05, 3.63) is 48.3 Å². The quantitative estimate of drug-likeness (QED) is 0.793. The number of carbonyl (C=O) groups excluding carboxylic acids is 1. The van der Waals surface area contributed by atoms with Crippen LogP contribution >= 0.6 is 0 Å². The number of anilines is 2. The average molecular weight is 287 g/mol. The summed E-state index contributed by atoms with van der Waals surface area (Å²) in [6.45, 7) is 0.947. The summed E-state index contributed by atoms with van der Waals surface area (Å²) in [6.07, 6.45) is 1.52. The summed E-state index contributed by atoms with van der Waals surface area (Å²) >= 11 is 0. The van der Waals surface area contributed by atoms with Crippen molar-refractivity contribution in [1.82, 2.24) is 4.98 Å². The number of rotatable bonds is 6. The van der Waals surface area contributed by atoms with Crippen molar-refractivity contribution in [1.29, 1.82) is 0 Å². The Balaban J connectivity index is 2.04. The van der Waals surface area contributed by atoms with E-state index in [9.17, 15) is 4.79 Å². The molecule has 0 aliphatic heterocycles. The molecule has 0 spiro atoms. The molecule has 0 fully saturated rings. The first-order valence-corrected chi connectivity index (χ1v) is 6.44. The first kappa shape index (κ1) is 14.8. The highest BCUT2D eigenvalue weighted by atomic mass is 16.5. The highest BCUT2D eigenvalue weighted by Gasteiger charge is 2.11. The first-order valence-electron chi connectivity index (χ1n) is 6.44. The number of pyridine rings is 1. The molecule has 6 nitrogen and oxygen atoms in total. The van der Waals surface area contributed by atoms with E-state index in [1.165, 1.54) is 6.20 Å². The van der Waals surface area contributed by atoms with E-state index >= 15 is 0 Å². The van der Waals surface area contributed by atoms with Gasteiger partial charge < -0.3 is 20.5 Å². The molecule has 1 aromatic heterocycles. The van der Waals surface area contributed by atoms with Gasteiger partial charge in [0.15, 0.2) is 5.69 Å². The number of hydrogen-bond acceptors (Lipinski definition) is 5. The fourth-order valence-corrected chi connectivity index (χ4v) is 1.70. The van der Waals surface area contributed by atoms with Gasteiger partial charge in [0, 0.05) is 25.1 Å². The maximum absolute atomic E-state index is 12.1. The number of ether oxygens (including phenoxy) is 2. The van der Waals surface area contributed by atoms with Gasteiger partial charge in [-0.2, -0.15) is 0 Å². The number of hydrogen-bond donors (Lipinski definition) is 2. The predicted molar refractivity (Wildman–Crippen MR) is 80.4 cm³/mol. The fraction of sp³-hybridized carbons (Fsp3) is 0.200. The van der Waals surface area contributed by atoms with Crippen LogP contribution in [0.25, 0.3) is 0 Å². The number of aromatic nitrogens is 1. The van der Waals surface area contributed by atoms with Gasteiger partial charge in [0.2, 0.25) is 0 Å². The summed E-state index contributed by atoms with van der Waals surface area (Å²) in [5.41, 5.74) is 6.87. The second-order valence-electron chi connectivity index (χ2n) is 4.26. The molecule has 0 radical (unpaired) electrons. The number of benzene rings is 1. The highest BCUT2D eigenvalue weighted by molar-refractivity contribution is 6.06. The summed E-state index contributed by atoms with van der Waals surface area (Å²) in [6, 6.07) is 10.4. The molecule has 0 bridgehead atoms. The van der Waals surface area contributed by atoms with E-state index in [1.807, 2.05) is 0 Å². The van der Waals surface area contributed by atoms with Gasteiger partial charge in [0.05, 0.1) is 12.3 Å². The van der Waals surface area contributed by atoms with E-state index in [2.05, 4.69) is 10.3 Å². The van der Waals surface area contributed by atoms with Crippen molar-refractivity contribution < 1.29 is 14.3 Å². The highest BCUT2D eigenvalue weighted by Crippen LogP contribution is 2.18. The number of amides is 1. The first-order chi connectivity index (χ1) is 10.2. The van der Waals surface area contributed by atoms with E-state index in [0.717, 1.165) is 0 Å². The molecular weight excluding hydrogens is 270 g/mol. The molecule has 1 amide bonds. The van der Waals surface area contributed by atoms with Crippen LogP contribution in [0.5, 0.6) is 5.75 Å². The van der Waals surface area contributed by atoms with Crippen LogP contribution in [-0.2, 0) is 4.74 Å². The summed E-state index contributed by atoms with van der Waals surface area (Å²) in [7, 11) is 1.61. The molecule has 1 aromatic carbocycles. The minimum absolute atomic E-state index is 0.197. The summed E-state index contributed by atoms with van der Waals surface area (Å²) < 4.78 is 10.4. The number of nitrogens with zero attached hydrogens (tertiary/aromatic N) is 1. The van der Waals surface area contributed by atoms with E-state index in [-0.39, 0.29) is 11.6 Å².